The fourth-order valence-electron chi connectivity index (χ4n) is 3.72. The molecule has 1 aliphatic carbocycles. The summed E-state index contributed by atoms with van der Waals surface area (Å²) in [6.07, 6.45) is 5.18. The molecule has 1 saturated carbocycles. The molecule has 1 aromatic rings. The molecule has 4 heteroatoms. The Morgan fingerprint density at radius 3 is 3.00 bits per heavy atom. The second-order valence-electron chi connectivity index (χ2n) is 6.38. The molecule has 3 rings (SSSR count). The molecule has 1 saturated heterocycles. The van der Waals surface area contributed by atoms with Crippen LogP contribution in [0.25, 0.3) is 0 Å². The smallest absolute Gasteiger partial charge is 0.129 e. The highest BCUT2D eigenvalue weighted by Crippen LogP contribution is 2.40. The highest BCUT2D eigenvalue weighted by molar-refractivity contribution is 5.40. The Kier molecular flexibility index (Phi) is 3.69. The minimum absolute atomic E-state index is 0.227. The molecule has 0 aromatic heterocycles. The zero-order valence-electron chi connectivity index (χ0n) is 11.8. The topological polar surface area (TPSA) is 49.5 Å². The highest BCUT2D eigenvalue weighted by Gasteiger charge is 2.42. The van der Waals surface area contributed by atoms with Gasteiger partial charge in [0, 0.05) is 36.8 Å². The number of hydrogen-bond acceptors (Lipinski definition) is 3. The SMILES string of the molecule is Nc1ccc(CN2CCC3(O)CCCCC3C2)c(F)c1. The van der Waals surface area contributed by atoms with Crippen molar-refractivity contribution in [3.8, 4) is 0 Å². The number of rotatable bonds is 2. The number of hydrogen-bond donors (Lipinski definition) is 2. The number of anilines is 1. The third-order valence-corrected chi connectivity index (χ3v) is 4.98. The lowest BCUT2D eigenvalue weighted by molar-refractivity contribution is -0.0968. The van der Waals surface area contributed by atoms with Crippen LogP contribution in [0.4, 0.5) is 10.1 Å². The van der Waals surface area contributed by atoms with Crippen LogP contribution < -0.4 is 5.73 Å². The maximum absolute atomic E-state index is 13.9. The van der Waals surface area contributed by atoms with Gasteiger partial charge >= 0.3 is 0 Å². The number of fused-ring (bicyclic) bond motifs is 1. The number of piperidine rings is 1. The number of halogens is 1. The molecule has 2 atom stereocenters. The summed E-state index contributed by atoms with van der Waals surface area (Å²) in [6.45, 7) is 2.33. The molecule has 3 N–H and O–H groups in total. The lowest BCUT2D eigenvalue weighted by Crippen LogP contribution is -2.53. The average Bonchev–Trinajstić information content (AvgIpc) is 2.42. The van der Waals surface area contributed by atoms with Crippen LogP contribution in [0, 0.1) is 11.7 Å². The van der Waals surface area contributed by atoms with Gasteiger partial charge in [-0.05, 0) is 31.4 Å². The van der Waals surface area contributed by atoms with Crippen molar-refractivity contribution in [3.63, 3.8) is 0 Å². The van der Waals surface area contributed by atoms with Gasteiger partial charge in [-0.2, -0.15) is 0 Å². The van der Waals surface area contributed by atoms with Crippen LogP contribution in [0.2, 0.25) is 0 Å². The Labute approximate surface area is 119 Å². The largest absolute Gasteiger partial charge is 0.399 e. The van der Waals surface area contributed by atoms with Gasteiger partial charge in [0.05, 0.1) is 5.60 Å². The van der Waals surface area contributed by atoms with Gasteiger partial charge < -0.3 is 10.8 Å². The van der Waals surface area contributed by atoms with Crippen molar-refractivity contribution >= 4 is 5.69 Å². The van der Waals surface area contributed by atoms with E-state index >= 15 is 0 Å². The number of likely N-dealkylation sites (tertiary alicyclic amines) is 1. The number of nitrogens with two attached hydrogens (primary N) is 1. The molecule has 2 fully saturated rings. The molecule has 1 aromatic carbocycles. The van der Waals surface area contributed by atoms with E-state index in [0.717, 1.165) is 38.8 Å². The molecule has 0 radical (unpaired) electrons. The fraction of sp³-hybridized carbons (Fsp3) is 0.625. The van der Waals surface area contributed by atoms with Crippen LogP contribution in [0.15, 0.2) is 18.2 Å². The lowest BCUT2D eigenvalue weighted by atomic mass is 9.71. The van der Waals surface area contributed by atoms with Gasteiger partial charge in [0.25, 0.3) is 0 Å². The minimum atomic E-state index is -0.464. The van der Waals surface area contributed by atoms with Gasteiger partial charge in [-0.1, -0.05) is 18.9 Å². The molecule has 110 valence electrons. The van der Waals surface area contributed by atoms with Crippen molar-refractivity contribution < 1.29 is 9.50 Å². The van der Waals surface area contributed by atoms with E-state index in [1.54, 1.807) is 12.1 Å². The van der Waals surface area contributed by atoms with Crippen LogP contribution in [-0.2, 0) is 6.54 Å². The summed E-state index contributed by atoms with van der Waals surface area (Å²) in [5, 5.41) is 10.6. The monoisotopic (exact) mass is 278 g/mol. The van der Waals surface area contributed by atoms with E-state index in [1.807, 2.05) is 0 Å². The second-order valence-corrected chi connectivity index (χ2v) is 6.38. The molecule has 0 spiro atoms. The van der Waals surface area contributed by atoms with E-state index in [0.29, 0.717) is 23.7 Å². The molecule has 1 aliphatic heterocycles. The lowest BCUT2D eigenvalue weighted by Gasteiger charge is -2.47. The number of nitrogens with zero attached hydrogens (tertiary/aromatic N) is 1. The quantitative estimate of drug-likeness (QED) is 0.817. The Balaban J connectivity index is 1.67. The van der Waals surface area contributed by atoms with Crippen molar-refractivity contribution in [3.05, 3.63) is 29.6 Å². The molecular formula is C16H23FN2O. The van der Waals surface area contributed by atoms with E-state index in [2.05, 4.69) is 4.90 Å². The maximum Gasteiger partial charge on any atom is 0.129 e. The van der Waals surface area contributed by atoms with Crippen molar-refractivity contribution in [2.75, 3.05) is 18.8 Å². The third-order valence-electron chi connectivity index (χ3n) is 4.98. The van der Waals surface area contributed by atoms with Crippen molar-refractivity contribution in [1.29, 1.82) is 0 Å². The average molecular weight is 278 g/mol. The van der Waals surface area contributed by atoms with Crippen molar-refractivity contribution in [1.82, 2.24) is 4.90 Å². The fourth-order valence-corrected chi connectivity index (χ4v) is 3.72. The Morgan fingerprint density at radius 1 is 1.35 bits per heavy atom. The maximum atomic E-state index is 13.9. The zero-order chi connectivity index (χ0) is 14.2. The normalized spacial score (nSPS) is 31.0. The highest BCUT2D eigenvalue weighted by atomic mass is 19.1. The molecule has 3 nitrogen and oxygen atoms in total. The predicted molar refractivity (Wildman–Crippen MR) is 77.6 cm³/mol. The van der Waals surface area contributed by atoms with Gasteiger partial charge in [-0.15, -0.1) is 0 Å². The number of aliphatic hydroxyl groups is 1. The summed E-state index contributed by atoms with van der Waals surface area (Å²) in [7, 11) is 0. The van der Waals surface area contributed by atoms with Crippen LogP contribution in [-0.4, -0.2) is 28.7 Å². The molecule has 1 heterocycles. The first-order valence-corrected chi connectivity index (χ1v) is 7.55. The summed E-state index contributed by atoms with van der Waals surface area (Å²) >= 11 is 0. The second kappa shape index (κ2) is 5.34. The molecule has 2 aliphatic rings. The van der Waals surface area contributed by atoms with Crippen LogP contribution in [0.5, 0.6) is 0 Å². The van der Waals surface area contributed by atoms with Gasteiger partial charge in [-0.3, -0.25) is 4.90 Å². The summed E-state index contributed by atoms with van der Waals surface area (Å²) < 4.78 is 13.9. The first-order valence-electron chi connectivity index (χ1n) is 7.55. The van der Waals surface area contributed by atoms with E-state index < -0.39 is 5.60 Å². The molecule has 2 unspecified atom stereocenters. The van der Waals surface area contributed by atoms with E-state index in [-0.39, 0.29) is 5.82 Å². The summed E-state index contributed by atoms with van der Waals surface area (Å²) in [5.74, 6) is 0.122. The Hall–Kier alpha value is -1.13. The van der Waals surface area contributed by atoms with Crippen molar-refractivity contribution in [2.24, 2.45) is 5.92 Å². The van der Waals surface area contributed by atoms with Gasteiger partial charge in [0.15, 0.2) is 0 Å². The van der Waals surface area contributed by atoms with E-state index in [4.69, 9.17) is 5.73 Å². The molecule has 0 amide bonds. The summed E-state index contributed by atoms with van der Waals surface area (Å²) in [6, 6.07) is 4.90. The van der Waals surface area contributed by atoms with Gasteiger partial charge in [0.2, 0.25) is 0 Å². The van der Waals surface area contributed by atoms with Gasteiger partial charge in [-0.25, -0.2) is 4.39 Å². The molecular weight excluding hydrogens is 255 g/mol. The summed E-state index contributed by atoms with van der Waals surface area (Å²) in [4.78, 5) is 2.26. The zero-order valence-corrected chi connectivity index (χ0v) is 11.8. The number of benzene rings is 1. The standard InChI is InChI=1S/C16H23FN2O/c17-15-9-14(18)5-4-12(15)10-19-8-7-16(20)6-2-1-3-13(16)11-19/h4-5,9,13,20H,1-3,6-8,10-11,18H2. The van der Waals surface area contributed by atoms with Crippen LogP contribution >= 0.6 is 0 Å². The first kappa shape index (κ1) is 13.8. The summed E-state index contributed by atoms with van der Waals surface area (Å²) in [5.41, 5.74) is 6.27. The third kappa shape index (κ3) is 2.67. The van der Waals surface area contributed by atoms with Crippen molar-refractivity contribution in [2.45, 2.75) is 44.2 Å². The molecule has 0 bridgehead atoms. The number of nitrogen functional groups attached to an aromatic ring is 1. The van der Waals surface area contributed by atoms with E-state index in [1.165, 1.54) is 12.5 Å². The first-order chi connectivity index (χ1) is 9.57. The minimum Gasteiger partial charge on any atom is -0.399 e. The Bertz CT molecular complexity index is 493. The van der Waals surface area contributed by atoms with Gasteiger partial charge in [0.1, 0.15) is 5.82 Å². The Morgan fingerprint density at radius 2 is 2.20 bits per heavy atom. The van der Waals surface area contributed by atoms with E-state index in [9.17, 15) is 9.50 Å². The van der Waals surface area contributed by atoms with Crippen LogP contribution in [0.1, 0.15) is 37.7 Å². The predicted octanol–water partition coefficient (Wildman–Crippen LogP) is 2.53. The van der Waals surface area contributed by atoms with Crippen LogP contribution in [0.3, 0.4) is 0 Å². The molecule has 20 heavy (non-hydrogen) atoms.